The van der Waals surface area contributed by atoms with Crippen LogP contribution in [0.5, 0.6) is 0 Å². The highest BCUT2D eigenvalue weighted by Crippen LogP contribution is 2.17. The highest BCUT2D eigenvalue weighted by atomic mass is 16.1. The summed E-state index contributed by atoms with van der Waals surface area (Å²) in [5.74, 6) is 0.938. The number of nitrogens with zero attached hydrogens (tertiary/aromatic N) is 3. The molecule has 1 aromatic rings. The van der Waals surface area contributed by atoms with E-state index >= 15 is 0 Å². The molecule has 0 saturated carbocycles. The number of carbonyl (C=O) groups is 1. The normalized spacial score (nSPS) is 16.3. The Morgan fingerprint density at radius 2 is 2.00 bits per heavy atom. The lowest BCUT2D eigenvalue weighted by molar-refractivity contribution is -0.116. The van der Waals surface area contributed by atoms with Gasteiger partial charge >= 0.3 is 0 Å². The Labute approximate surface area is 113 Å². The van der Waals surface area contributed by atoms with Crippen LogP contribution in [-0.4, -0.2) is 34.2 Å². The van der Waals surface area contributed by atoms with Gasteiger partial charge in [-0.05, 0) is 52.1 Å². The molecule has 1 aliphatic rings. The van der Waals surface area contributed by atoms with Crippen LogP contribution in [0.25, 0.3) is 0 Å². The Kier molecular flexibility index (Phi) is 4.79. The molecular weight excluding hydrogens is 242 g/mol. The van der Waals surface area contributed by atoms with Gasteiger partial charge in [0.2, 0.25) is 11.9 Å². The number of hydrogen-bond acceptors (Lipinski definition) is 5. The molecular formula is C13H21N5O. The largest absolute Gasteiger partial charge is 0.317 e. The lowest BCUT2D eigenvalue weighted by Gasteiger charge is -2.21. The van der Waals surface area contributed by atoms with Crippen LogP contribution in [0.15, 0.2) is 0 Å². The molecule has 6 heteroatoms. The molecule has 19 heavy (non-hydrogen) atoms. The maximum absolute atomic E-state index is 11.8. The molecule has 2 heterocycles. The van der Waals surface area contributed by atoms with Crippen molar-refractivity contribution in [3.63, 3.8) is 0 Å². The Morgan fingerprint density at radius 3 is 2.68 bits per heavy atom. The summed E-state index contributed by atoms with van der Waals surface area (Å²) in [5, 5.41) is 13.9. The van der Waals surface area contributed by atoms with E-state index in [2.05, 4.69) is 25.8 Å². The van der Waals surface area contributed by atoms with E-state index in [0.717, 1.165) is 43.7 Å². The van der Waals surface area contributed by atoms with Gasteiger partial charge in [0.1, 0.15) is 0 Å². The van der Waals surface area contributed by atoms with E-state index in [1.54, 1.807) is 0 Å². The number of piperidine rings is 1. The first-order chi connectivity index (χ1) is 9.15. The minimum Gasteiger partial charge on any atom is -0.317 e. The first kappa shape index (κ1) is 13.9. The number of anilines is 1. The minimum absolute atomic E-state index is 0.0245. The number of hydrogen-bond donors (Lipinski definition) is 2. The van der Waals surface area contributed by atoms with Crippen molar-refractivity contribution < 1.29 is 4.79 Å². The third kappa shape index (κ3) is 4.24. The molecule has 2 N–H and O–H groups in total. The molecule has 2 rings (SSSR count). The number of carbonyl (C=O) groups excluding carboxylic acids is 1. The zero-order valence-corrected chi connectivity index (χ0v) is 11.6. The van der Waals surface area contributed by atoms with Crippen molar-refractivity contribution in [2.24, 2.45) is 5.92 Å². The second kappa shape index (κ2) is 6.56. The van der Waals surface area contributed by atoms with Crippen LogP contribution in [0.1, 0.15) is 37.1 Å². The zero-order chi connectivity index (χ0) is 13.7. The van der Waals surface area contributed by atoms with Crippen LogP contribution in [0.3, 0.4) is 0 Å². The molecule has 0 atom stereocenters. The molecule has 0 radical (unpaired) electrons. The number of rotatable bonds is 4. The van der Waals surface area contributed by atoms with Crippen molar-refractivity contribution in [3.05, 3.63) is 11.4 Å². The lowest BCUT2D eigenvalue weighted by atomic mass is 9.93. The van der Waals surface area contributed by atoms with Gasteiger partial charge in [0.05, 0.1) is 11.4 Å². The predicted octanol–water partition coefficient (Wildman–Crippen LogP) is 1.21. The summed E-state index contributed by atoms with van der Waals surface area (Å²) in [6.07, 6.45) is 3.79. The van der Waals surface area contributed by atoms with Crippen LogP contribution in [0.4, 0.5) is 5.95 Å². The highest BCUT2D eigenvalue weighted by molar-refractivity contribution is 5.88. The average molecular weight is 263 g/mol. The van der Waals surface area contributed by atoms with Crippen molar-refractivity contribution in [2.45, 2.75) is 39.5 Å². The van der Waals surface area contributed by atoms with Crippen molar-refractivity contribution in [1.82, 2.24) is 20.5 Å². The van der Waals surface area contributed by atoms with Gasteiger partial charge in [-0.1, -0.05) is 0 Å². The summed E-state index contributed by atoms with van der Waals surface area (Å²) >= 11 is 0. The molecule has 6 nitrogen and oxygen atoms in total. The second-order valence-corrected chi connectivity index (χ2v) is 5.09. The monoisotopic (exact) mass is 263 g/mol. The van der Waals surface area contributed by atoms with Gasteiger partial charge in [-0.2, -0.15) is 5.10 Å². The summed E-state index contributed by atoms with van der Waals surface area (Å²) in [4.78, 5) is 16.0. The van der Waals surface area contributed by atoms with Gasteiger partial charge in [0.15, 0.2) is 0 Å². The molecule has 0 aliphatic carbocycles. The molecule has 0 spiro atoms. The number of aryl methyl sites for hydroxylation is 2. The van der Waals surface area contributed by atoms with E-state index in [0.29, 0.717) is 18.3 Å². The maximum atomic E-state index is 11.8. The van der Waals surface area contributed by atoms with Crippen LogP contribution < -0.4 is 10.6 Å². The Bertz CT molecular complexity index is 443. The van der Waals surface area contributed by atoms with Gasteiger partial charge in [-0.3, -0.25) is 10.1 Å². The molecule has 1 amide bonds. The van der Waals surface area contributed by atoms with Gasteiger partial charge < -0.3 is 5.32 Å². The van der Waals surface area contributed by atoms with E-state index in [-0.39, 0.29) is 5.91 Å². The first-order valence-corrected chi connectivity index (χ1v) is 6.83. The smallest absolute Gasteiger partial charge is 0.249 e. The SMILES string of the molecule is Cc1nnc(NC(=O)CCC2CCNCC2)nc1C. The van der Waals surface area contributed by atoms with E-state index in [9.17, 15) is 4.79 Å². The molecule has 0 unspecified atom stereocenters. The Balaban J connectivity index is 1.78. The molecule has 1 aromatic heterocycles. The van der Waals surface area contributed by atoms with Gasteiger partial charge in [-0.15, -0.1) is 5.10 Å². The Morgan fingerprint density at radius 1 is 1.26 bits per heavy atom. The number of amides is 1. The van der Waals surface area contributed by atoms with Crippen molar-refractivity contribution in [2.75, 3.05) is 18.4 Å². The summed E-state index contributed by atoms with van der Waals surface area (Å²) in [6.45, 7) is 5.83. The van der Waals surface area contributed by atoms with Crippen molar-refractivity contribution in [3.8, 4) is 0 Å². The number of aromatic nitrogens is 3. The summed E-state index contributed by atoms with van der Waals surface area (Å²) in [7, 11) is 0. The van der Waals surface area contributed by atoms with Crippen LogP contribution >= 0.6 is 0 Å². The lowest BCUT2D eigenvalue weighted by Crippen LogP contribution is -2.28. The summed E-state index contributed by atoms with van der Waals surface area (Å²) in [5.41, 5.74) is 1.58. The fourth-order valence-corrected chi connectivity index (χ4v) is 2.20. The third-order valence-corrected chi connectivity index (χ3v) is 3.58. The van der Waals surface area contributed by atoms with Gasteiger partial charge in [0.25, 0.3) is 0 Å². The maximum Gasteiger partial charge on any atom is 0.249 e. The van der Waals surface area contributed by atoms with Crippen LogP contribution in [-0.2, 0) is 4.79 Å². The standard InChI is InChI=1S/C13H21N5O/c1-9-10(2)17-18-13(15-9)16-12(19)4-3-11-5-7-14-8-6-11/h11,14H,3-8H2,1-2H3,(H,15,16,18,19). The molecule has 1 saturated heterocycles. The first-order valence-electron chi connectivity index (χ1n) is 6.83. The zero-order valence-electron chi connectivity index (χ0n) is 11.6. The van der Waals surface area contributed by atoms with E-state index in [1.165, 1.54) is 0 Å². The van der Waals surface area contributed by atoms with Crippen molar-refractivity contribution >= 4 is 11.9 Å². The molecule has 0 aromatic carbocycles. The predicted molar refractivity (Wildman–Crippen MR) is 72.8 cm³/mol. The van der Waals surface area contributed by atoms with E-state index in [4.69, 9.17) is 0 Å². The van der Waals surface area contributed by atoms with Gasteiger partial charge in [-0.25, -0.2) is 4.98 Å². The third-order valence-electron chi connectivity index (χ3n) is 3.58. The van der Waals surface area contributed by atoms with E-state index in [1.807, 2.05) is 13.8 Å². The van der Waals surface area contributed by atoms with E-state index < -0.39 is 0 Å². The minimum atomic E-state index is -0.0245. The average Bonchev–Trinajstić information content (AvgIpc) is 2.42. The Hall–Kier alpha value is -1.56. The van der Waals surface area contributed by atoms with Crippen LogP contribution in [0.2, 0.25) is 0 Å². The molecule has 1 fully saturated rings. The van der Waals surface area contributed by atoms with Crippen LogP contribution in [0, 0.1) is 19.8 Å². The molecule has 0 bridgehead atoms. The summed E-state index contributed by atoms with van der Waals surface area (Å²) in [6, 6.07) is 0. The van der Waals surface area contributed by atoms with Crippen molar-refractivity contribution in [1.29, 1.82) is 0 Å². The molecule has 104 valence electrons. The fourth-order valence-electron chi connectivity index (χ4n) is 2.20. The molecule has 1 aliphatic heterocycles. The quantitative estimate of drug-likeness (QED) is 0.853. The second-order valence-electron chi connectivity index (χ2n) is 5.09. The highest BCUT2D eigenvalue weighted by Gasteiger charge is 2.15. The summed E-state index contributed by atoms with van der Waals surface area (Å²) < 4.78 is 0. The fraction of sp³-hybridized carbons (Fsp3) is 0.692. The van der Waals surface area contributed by atoms with Gasteiger partial charge in [0, 0.05) is 6.42 Å². The number of nitrogens with one attached hydrogen (secondary N) is 2. The topological polar surface area (TPSA) is 79.8 Å².